The molecule has 0 saturated carbocycles. The van der Waals surface area contributed by atoms with Crippen molar-refractivity contribution in [3.8, 4) is 6.07 Å². The van der Waals surface area contributed by atoms with Gasteiger partial charge in [-0.05, 0) is 24.3 Å². The number of nitriles is 1. The van der Waals surface area contributed by atoms with Gasteiger partial charge < -0.3 is 14.1 Å². The Morgan fingerprint density at radius 3 is 2.95 bits per heavy atom. The smallest absolute Gasteiger partial charge is 0.163 e. The van der Waals surface area contributed by atoms with Crippen molar-refractivity contribution < 1.29 is 9.15 Å². The van der Waals surface area contributed by atoms with E-state index in [0.717, 1.165) is 18.1 Å². The zero-order chi connectivity index (χ0) is 13.1. The molecule has 0 spiro atoms. The van der Waals surface area contributed by atoms with Crippen molar-refractivity contribution in [3.05, 3.63) is 42.0 Å². The van der Waals surface area contributed by atoms with Gasteiger partial charge in [0.1, 0.15) is 17.9 Å². The first kappa shape index (κ1) is 11.7. The van der Waals surface area contributed by atoms with Gasteiger partial charge in [-0.25, -0.2) is 0 Å². The van der Waals surface area contributed by atoms with Gasteiger partial charge in [0.25, 0.3) is 0 Å². The first-order valence-electron chi connectivity index (χ1n) is 6.00. The van der Waals surface area contributed by atoms with E-state index in [1.54, 1.807) is 18.4 Å². The number of aromatic nitrogens is 2. The van der Waals surface area contributed by atoms with Gasteiger partial charge >= 0.3 is 0 Å². The summed E-state index contributed by atoms with van der Waals surface area (Å²) in [6.07, 6.45) is 1.54. The molecule has 0 amide bonds. The van der Waals surface area contributed by atoms with Gasteiger partial charge in [0.05, 0.1) is 19.4 Å². The average molecular weight is 256 g/mol. The second-order valence-electron chi connectivity index (χ2n) is 4.21. The molecule has 19 heavy (non-hydrogen) atoms. The Hall–Kier alpha value is -2.39. The lowest BCUT2D eigenvalue weighted by Crippen LogP contribution is -2.38. The van der Waals surface area contributed by atoms with Gasteiger partial charge in [-0.3, -0.25) is 0 Å². The number of morpholine rings is 1. The van der Waals surface area contributed by atoms with Crippen molar-refractivity contribution in [1.29, 1.82) is 5.26 Å². The number of nitrogens with zero attached hydrogens (tertiary/aromatic N) is 4. The lowest BCUT2D eigenvalue weighted by Gasteiger charge is -2.32. The fraction of sp³-hybridized carbons (Fsp3) is 0.308. The molecular formula is C13H12N4O2. The molecule has 1 unspecified atom stereocenters. The van der Waals surface area contributed by atoms with E-state index in [9.17, 15) is 0 Å². The molecule has 0 N–H and O–H groups in total. The quantitative estimate of drug-likeness (QED) is 0.810. The molecule has 1 atom stereocenters. The molecule has 1 aliphatic heterocycles. The molecule has 0 radical (unpaired) electrons. The van der Waals surface area contributed by atoms with E-state index in [1.165, 1.54) is 0 Å². The number of ether oxygens (including phenoxy) is 1. The van der Waals surface area contributed by atoms with E-state index >= 15 is 0 Å². The largest absolute Gasteiger partial charge is 0.467 e. The lowest BCUT2D eigenvalue weighted by atomic mass is 10.2. The molecule has 0 aromatic carbocycles. The minimum atomic E-state index is -0.0961. The summed E-state index contributed by atoms with van der Waals surface area (Å²) in [6.45, 7) is 2.01. The molecule has 6 heteroatoms. The summed E-state index contributed by atoms with van der Waals surface area (Å²) >= 11 is 0. The number of anilines is 1. The van der Waals surface area contributed by atoms with Crippen LogP contribution in [0.5, 0.6) is 0 Å². The summed E-state index contributed by atoms with van der Waals surface area (Å²) in [5, 5.41) is 16.6. The summed E-state index contributed by atoms with van der Waals surface area (Å²) in [5.41, 5.74) is 0.319. The van der Waals surface area contributed by atoms with Crippen molar-refractivity contribution in [2.45, 2.75) is 6.10 Å². The lowest BCUT2D eigenvalue weighted by molar-refractivity contribution is 0.0254. The van der Waals surface area contributed by atoms with E-state index in [0.29, 0.717) is 18.8 Å². The Bertz CT molecular complexity index is 574. The molecule has 96 valence electrons. The van der Waals surface area contributed by atoms with Crippen molar-refractivity contribution in [2.75, 3.05) is 24.6 Å². The van der Waals surface area contributed by atoms with Crippen LogP contribution in [0.1, 0.15) is 17.6 Å². The molecule has 3 rings (SSSR count). The van der Waals surface area contributed by atoms with E-state index in [2.05, 4.69) is 15.1 Å². The number of furan rings is 1. The van der Waals surface area contributed by atoms with Crippen LogP contribution >= 0.6 is 0 Å². The highest BCUT2D eigenvalue weighted by molar-refractivity contribution is 5.39. The third-order valence-electron chi connectivity index (χ3n) is 3.02. The molecule has 1 aliphatic rings. The number of rotatable bonds is 2. The van der Waals surface area contributed by atoms with Gasteiger partial charge in [0, 0.05) is 6.54 Å². The summed E-state index contributed by atoms with van der Waals surface area (Å²) in [6, 6.07) is 9.17. The van der Waals surface area contributed by atoms with Crippen LogP contribution in [0.3, 0.4) is 0 Å². The minimum Gasteiger partial charge on any atom is -0.467 e. The van der Waals surface area contributed by atoms with Crippen molar-refractivity contribution in [3.63, 3.8) is 0 Å². The minimum absolute atomic E-state index is 0.0961. The zero-order valence-electron chi connectivity index (χ0n) is 10.2. The van der Waals surface area contributed by atoms with Crippen LogP contribution < -0.4 is 4.90 Å². The Balaban J connectivity index is 1.76. The monoisotopic (exact) mass is 256 g/mol. The third-order valence-corrected chi connectivity index (χ3v) is 3.02. The van der Waals surface area contributed by atoms with E-state index in [4.69, 9.17) is 14.4 Å². The summed E-state index contributed by atoms with van der Waals surface area (Å²) in [5.74, 6) is 1.56. The van der Waals surface area contributed by atoms with Gasteiger partial charge in [-0.15, -0.1) is 10.2 Å². The van der Waals surface area contributed by atoms with Crippen LogP contribution in [0.15, 0.2) is 34.9 Å². The van der Waals surface area contributed by atoms with Crippen LogP contribution in [-0.2, 0) is 4.74 Å². The average Bonchev–Trinajstić information content (AvgIpc) is 3.02. The molecular weight excluding hydrogens is 244 g/mol. The molecule has 1 fully saturated rings. The second kappa shape index (κ2) is 5.08. The van der Waals surface area contributed by atoms with Gasteiger partial charge in [-0.1, -0.05) is 0 Å². The summed E-state index contributed by atoms with van der Waals surface area (Å²) in [4.78, 5) is 2.07. The van der Waals surface area contributed by atoms with Crippen LogP contribution in [0.4, 0.5) is 5.82 Å². The maximum absolute atomic E-state index is 8.71. The number of hydrogen-bond acceptors (Lipinski definition) is 6. The molecule has 0 aliphatic carbocycles. The Kier molecular flexibility index (Phi) is 3.12. The Morgan fingerprint density at radius 1 is 1.32 bits per heavy atom. The van der Waals surface area contributed by atoms with E-state index in [1.807, 2.05) is 18.2 Å². The van der Waals surface area contributed by atoms with Crippen molar-refractivity contribution >= 4 is 5.82 Å². The van der Waals surface area contributed by atoms with Gasteiger partial charge in [0.2, 0.25) is 0 Å². The Labute approximate surface area is 110 Å². The first-order valence-corrected chi connectivity index (χ1v) is 6.00. The first-order chi connectivity index (χ1) is 9.36. The van der Waals surface area contributed by atoms with Gasteiger partial charge in [-0.2, -0.15) is 5.26 Å². The van der Waals surface area contributed by atoms with Crippen LogP contribution in [0, 0.1) is 11.3 Å². The van der Waals surface area contributed by atoms with Crippen molar-refractivity contribution in [1.82, 2.24) is 10.2 Å². The topological polar surface area (TPSA) is 75.2 Å². The van der Waals surface area contributed by atoms with Crippen molar-refractivity contribution in [2.24, 2.45) is 0 Å². The molecule has 0 bridgehead atoms. The molecule has 2 aromatic heterocycles. The normalized spacial score (nSPS) is 19.1. The van der Waals surface area contributed by atoms with E-state index < -0.39 is 0 Å². The highest BCUT2D eigenvalue weighted by atomic mass is 16.5. The maximum Gasteiger partial charge on any atom is 0.163 e. The molecule has 2 aromatic rings. The highest BCUT2D eigenvalue weighted by Crippen LogP contribution is 2.24. The van der Waals surface area contributed by atoms with Crippen LogP contribution in [-0.4, -0.2) is 29.9 Å². The summed E-state index contributed by atoms with van der Waals surface area (Å²) in [7, 11) is 0. The maximum atomic E-state index is 8.71. The fourth-order valence-electron chi connectivity index (χ4n) is 2.06. The highest BCUT2D eigenvalue weighted by Gasteiger charge is 2.24. The number of hydrogen-bond donors (Lipinski definition) is 0. The fourth-order valence-corrected chi connectivity index (χ4v) is 2.06. The zero-order valence-corrected chi connectivity index (χ0v) is 10.2. The predicted octanol–water partition coefficient (Wildman–Crippen LogP) is 1.52. The van der Waals surface area contributed by atoms with Crippen LogP contribution in [0.2, 0.25) is 0 Å². The Morgan fingerprint density at radius 2 is 2.26 bits per heavy atom. The standard InChI is InChI=1S/C13H12N4O2/c14-8-10-3-4-13(16-15-10)17-5-7-19-12(9-17)11-2-1-6-18-11/h1-4,6,12H,5,7,9H2. The molecule has 6 nitrogen and oxygen atoms in total. The summed E-state index contributed by atoms with van der Waals surface area (Å²) < 4.78 is 11.0. The third kappa shape index (κ3) is 2.41. The molecule has 3 heterocycles. The SMILES string of the molecule is N#Cc1ccc(N2CCOC(c3ccco3)C2)nn1. The van der Waals surface area contributed by atoms with Crippen LogP contribution in [0.25, 0.3) is 0 Å². The van der Waals surface area contributed by atoms with Gasteiger partial charge in [0.15, 0.2) is 11.5 Å². The molecule has 1 saturated heterocycles. The predicted molar refractivity (Wildman–Crippen MR) is 66.4 cm³/mol. The van der Waals surface area contributed by atoms with E-state index in [-0.39, 0.29) is 6.10 Å². The second-order valence-corrected chi connectivity index (χ2v) is 4.21.